The fourth-order valence-electron chi connectivity index (χ4n) is 2.98. The van der Waals surface area contributed by atoms with Crippen LogP contribution in [0.4, 0.5) is 0 Å². The Morgan fingerprint density at radius 3 is 2.87 bits per heavy atom. The number of hydrogen-bond acceptors (Lipinski definition) is 4. The molecule has 1 saturated heterocycles. The van der Waals surface area contributed by atoms with Crippen LogP contribution in [-0.4, -0.2) is 28.7 Å². The lowest BCUT2D eigenvalue weighted by molar-refractivity contribution is -0.141. The second kappa shape index (κ2) is 6.91. The number of hydrogen-bond donors (Lipinski definition) is 1. The van der Waals surface area contributed by atoms with Crippen LogP contribution in [0.25, 0.3) is 0 Å². The molecule has 0 aliphatic carbocycles. The molecule has 1 aliphatic rings. The molecule has 0 spiro atoms. The van der Waals surface area contributed by atoms with Crippen LogP contribution in [0.2, 0.25) is 0 Å². The van der Waals surface area contributed by atoms with Gasteiger partial charge in [-0.25, -0.2) is 0 Å². The molecule has 2 atom stereocenters. The summed E-state index contributed by atoms with van der Waals surface area (Å²) in [6, 6.07) is 7.54. The van der Waals surface area contributed by atoms with Crippen molar-refractivity contribution in [1.29, 1.82) is 0 Å². The predicted molar refractivity (Wildman–Crippen MR) is 88.6 cm³/mol. The quantitative estimate of drug-likeness (QED) is 0.937. The van der Waals surface area contributed by atoms with Gasteiger partial charge in [0.15, 0.2) is 0 Å². The second-order valence-electron chi connectivity index (χ2n) is 5.68. The number of thiophene rings is 1. The Kier molecular flexibility index (Phi) is 4.71. The molecule has 5 nitrogen and oxygen atoms in total. The van der Waals surface area contributed by atoms with E-state index in [-0.39, 0.29) is 23.8 Å². The summed E-state index contributed by atoms with van der Waals surface area (Å²) in [7, 11) is 1.79. The SMILES string of the molecule is CN1C(=O)CC[C@H](C(=O)NCc2ccncc2)[C@H]1c1cccs1. The van der Waals surface area contributed by atoms with Gasteiger partial charge in [0.05, 0.1) is 12.0 Å². The molecule has 3 rings (SSSR count). The summed E-state index contributed by atoms with van der Waals surface area (Å²) in [5.74, 6) is -0.112. The van der Waals surface area contributed by atoms with Crippen molar-refractivity contribution in [2.75, 3.05) is 7.05 Å². The molecule has 3 heterocycles. The molecule has 6 heteroatoms. The van der Waals surface area contributed by atoms with Gasteiger partial charge in [0, 0.05) is 37.3 Å². The van der Waals surface area contributed by atoms with Gasteiger partial charge in [-0.3, -0.25) is 14.6 Å². The second-order valence-corrected chi connectivity index (χ2v) is 6.66. The van der Waals surface area contributed by atoms with Crippen molar-refractivity contribution in [3.05, 3.63) is 52.5 Å². The van der Waals surface area contributed by atoms with Crippen LogP contribution in [0.3, 0.4) is 0 Å². The number of nitrogens with zero attached hydrogens (tertiary/aromatic N) is 2. The van der Waals surface area contributed by atoms with Gasteiger partial charge in [-0.1, -0.05) is 6.07 Å². The van der Waals surface area contributed by atoms with E-state index in [4.69, 9.17) is 0 Å². The summed E-state index contributed by atoms with van der Waals surface area (Å²) in [5, 5.41) is 4.98. The van der Waals surface area contributed by atoms with Crippen molar-refractivity contribution in [2.45, 2.75) is 25.4 Å². The fourth-order valence-corrected chi connectivity index (χ4v) is 3.92. The number of aromatic nitrogens is 1. The third kappa shape index (κ3) is 3.42. The number of nitrogens with one attached hydrogen (secondary N) is 1. The Labute approximate surface area is 139 Å². The van der Waals surface area contributed by atoms with Crippen LogP contribution < -0.4 is 5.32 Å². The molecule has 0 radical (unpaired) electrons. The van der Waals surface area contributed by atoms with Gasteiger partial charge in [-0.15, -0.1) is 11.3 Å². The topological polar surface area (TPSA) is 62.3 Å². The van der Waals surface area contributed by atoms with E-state index in [1.54, 1.807) is 35.7 Å². The maximum absolute atomic E-state index is 12.7. The smallest absolute Gasteiger partial charge is 0.225 e. The maximum atomic E-state index is 12.7. The monoisotopic (exact) mass is 329 g/mol. The van der Waals surface area contributed by atoms with Crippen LogP contribution in [0, 0.1) is 5.92 Å². The summed E-state index contributed by atoms with van der Waals surface area (Å²) < 4.78 is 0. The van der Waals surface area contributed by atoms with Gasteiger partial charge < -0.3 is 10.2 Å². The van der Waals surface area contributed by atoms with Crippen LogP contribution in [0.1, 0.15) is 29.3 Å². The van der Waals surface area contributed by atoms with E-state index >= 15 is 0 Å². The molecule has 2 aromatic heterocycles. The van der Waals surface area contributed by atoms with Crippen molar-refractivity contribution in [2.24, 2.45) is 5.92 Å². The van der Waals surface area contributed by atoms with Crippen molar-refractivity contribution in [3.63, 3.8) is 0 Å². The van der Waals surface area contributed by atoms with Crippen LogP contribution in [0.15, 0.2) is 42.0 Å². The third-order valence-corrected chi connectivity index (χ3v) is 5.19. The molecule has 1 fully saturated rings. The number of rotatable bonds is 4. The Morgan fingerprint density at radius 1 is 1.39 bits per heavy atom. The molecule has 120 valence electrons. The van der Waals surface area contributed by atoms with Crippen LogP contribution >= 0.6 is 11.3 Å². The normalized spacial score (nSPS) is 21.3. The van der Waals surface area contributed by atoms with E-state index in [2.05, 4.69) is 10.3 Å². The maximum Gasteiger partial charge on any atom is 0.225 e. The first kappa shape index (κ1) is 15.7. The average molecular weight is 329 g/mol. The summed E-state index contributed by atoms with van der Waals surface area (Å²) in [4.78, 5) is 31.5. The number of amides is 2. The zero-order chi connectivity index (χ0) is 16.2. The van der Waals surface area contributed by atoms with Gasteiger partial charge >= 0.3 is 0 Å². The Bertz CT molecular complexity index is 672. The van der Waals surface area contributed by atoms with Crippen LogP contribution in [0.5, 0.6) is 0 Å². The summed E-state index contributed by atoms with van der Waals surface area (Å²) in [6.07, 6.45) is 4.44. The highest BCUT2D eigenvalue weighted by atomic mass is 32.1. The predicted octanol–water partition coefficient (Wildman–Crippen LogP) is 2.37. The molecule has 1 N–H and O–H groups in total. The standard InChI is InChI=1S/C17H19N3O2S/c1-20-15(21)5-4-13(16(20)14-3-2-10-23-14)17(22)19-11-12-6-8-18-9-7-12/h2-3,6-10,13,16H,4-5,11H2,1H3,(H,19,22)/t13-,16-/m0/s1. The Balaban J connectivity index is 1.73. The summed E-state index contributed by atoms with van der Waals surface area (Å²) >= 11 is 1.59. The molecule has 1 aliphatic heterocycles. The Hall–Kier alpha value is -2.21. The van der Waals surface area contributed by atoms with E-state index in [9.17, 15) is 9.59 Å². The number of piperidine rings is 1. The zero-order valence-corrected chi connectivity index (χ0v) is 13.8. The Morgan fingerprint density at radius 2 is 2.17 bits per heavy atom. The highest BCUT2D eigenvalue weighted by Crippen LogP contribution is 2.37. The molecule has 2 aromatic rings. The number of likely N-dealkylation sites (tertiary alicyclic amines) is 1. The first-order chi connectivity index (χ1) is 11.2. The highest BCUT2D eigenvalue weighted by molar-refractivity contribution is 7.10. The van der Waals surface area contributed by atoms with Crippen LogP contribution in [-0.2, 0) is 16.1 Å². The van der Waals surface area contributed by atoms with Crippen molar-refractivity contribution in [3.8, 4) is 0 Å². The van der Waals surface area contributed by atoms with Crippen molar-refractivity contribution in [1.82, 2.24) is 15.2 Å². The lowest BCUT2D eigenvalue weighted by Crippen LogP contribution is -2.45. The van der Waals surface area contributed by atoms with Gasteiger partial charge in [0.1, 0.15) is 0 Å². The minimum absolute atomic E-state index is 0.000405. The van der Waals surface area contributed by atoms with Gasteiger partial charge in [-0.2, -0.15) is 0 Å². The number of carbonyl (C=O) groups is 2. The lowest BCUT2D eigenvalue weighted by atomic mass is 9.87. The van der Waals surface area contributed by atoms with E-state index in [1.165, 1.54) is 0 Å². The van der Waals surface area contributed by atoms with Gasteiger partial charge in [0.2, 0.25) is 11.8 Å². The molecule has 2 amide bonds. The van der Waals surface area contributed by atoms with Crippen molar-refractivity contribution >= 4 is 23.2 Å². The van der Waals surface area contributed by atoms with E-state index in [0.29, 0.717) is 19.4 Å². The zero-order valence-electron chi connectivity index (χ0n) is 12.9. The molecule has 23 heavy (non-hydrogen) atoms. The number of pyridine rings is 1. The first-order valence-corrected chi connectivity index (χ1v) is 8.50. The summed E-state index contributed by atoms with van der Waals surface area (Å²) in [5.41, 5.74) is 1.02. The largest absolute Gasteiger partial charge is 0.352 e. The highest BCUT2D eigenvalue weighted by Gasteiger charge is 2.39. The van der Waals surface area contributed by atoms with E-state index < -0.39 is 0 Å². The molecule has 0 saturated carbocycles. The van der Waals surface area contributed by atoms with Crippen molar-refractivity contribution < 1.29 is 9.59 Å². The fraction of sp³-hybridized carbons (Fsp3) is 0.353. The van der Waals surface area contributed by atoms with E-state index in [0.717, 1.165) is 10.4 Å². The first-order valence-electron chi connectivity index (χ1n) is 7.62. The molecule has 0 bridgehead atoms. The summed E-state index contributed by atoms with van der Waals surface area (Å²) in [6.45, 7) is 0.479. The van der Waals surface area contributed by atoms with Gasteiger partial charge in [0.25, 0.3) is 0 Å². The lowest BCUT2D eigenvalue weighted by Gasteiger charge is -2.37. The molecular weight excluding hydrogens is 310 g/mol. The number of carbonyl (C=O) groups excluding carboxylic acids is 2. The third-order valence-electron chi connectivity index (χ3n) is 4.25. The van der Waals surface area contributed by atoms with Gasteiger partial charge in [-0.05, 0) is 35.6 Å². The molecule has 0 aromatic carbocycles. The van der Waals surface area contributed by atoms with E-state index in [1.807, 2.05) is 29.6 Å². The average Bonchev–Trinajstić information content (AvgIpc) is 3.10. The minimum atomic E-state index is -0.210. The molecular formula is C17H19N3O2S. The minimum Gasteiger partial charge on any atom is -0.352 e. The molecule has 0 unspecified atom stereocenters.